The number of rotatable bonds is 3. The van der Waals surface area contributed by atoms with Gasteiger partial charge in [-0.25, -0.2) is 0 Å². The largest absolute Gasteiger partial charge is 0.350 e. The molecule has 2 aliphatic rings. The Kier molecular flexibility index (Phi) is 4.11. The zero-order valence-electron chi connectivity index (χ0n) is 14.1. The van der Waals surface area contributed by atoms with Crippen molar-refractivity contribution < 1.29 is 4.79 Å². The summed E-state index contributed by atoms with van der Waals surface area (Å²) in [6.07, 6.45) is 8.34. The van der Waals surface area contributed by atoms with E-state index in [1.807, 2.05) is 24.3 Å². The fourth-order valence-electron chi connectivity index (χ4n) is 4.34. The monoisotopic (exact) mass is 320 g/mol. The van der Waals surface area contributed by atoms with Crippen LogP contribution in [0, 0.1) is 0 Å². The second kappa shape index (κ2) is 6.40. The van der Waals surface area contributed by atoms with Gasteiger partial charge in [0, 0.05) is 24.2 Å². The van der Waals surface area contributed by atoms with E-state index in [9.17, 15) is 4.79 Å². The van der Waals surface area contributed by atoms with E-state index in [2.05, 4.69) is 41.5 Å². The van der Waals surface area contributed by atoms with Crippen molar-refractivity contribution in [2.75, 3.05) is 7.05 Å². The van der Waals surface area contributed by atoms with Gasteiger partial charge in [-0.1, -0.05) is 42.5 Å². The minimum absolute atomic E-state index is 0.0249. The Balaban J connectivity index is 1.43. The highest BCUT2D eigenvalue weighted by Gasteiger charge is 2.38. The lowest BCUT2D eigenvalue weighted by Crippen LogP contribution is -2.48. The lowest BCUT2D eigenvalue weighted by molar-refractivity contribution is -0.117. The van der Waals surface area contributed by atoms with Crippen LogP contribution in [-0.4, -0.2) is 36.0 Å². The minimum Gasteiger partial charge on any atom is -0.350 e. The van der Waals surface area contributed by atoms with Gasteiger partial charge in [0.25, 0.3) is 0 Å². The van der Waals surface area contributed by atoms with E-state index < -0.39 is 0 Å². The summed E-state index contributed by atoms with van der Waals surface area (Å²) in [5, 5.41) is 5.59. The van der Waals surface area contributed by atoms with Crippen molar-refractivity contribution in [1.29, 1.82) is 0 Å². The Morgan fingerprint density at radius 3 is 2.58 bits per heavy atom. The maximum absolute atomic E-state index is 12.3. The average Bonchev–Trinajstić information content (AvgIpc) is 2.81. The van der Waals surface area contributed by atoms with E-state index in [1.54, 1.807) is 6.08 Å². The highest BCUT2D eigenvalue weighted by molar-refractivity contribution is 5.96. The molecule has 2 aliphatic heterocycles. The molecule has 2 fully saturated rings. The lowest BCUT2D eigenvalue weighted by Gasteiger charge is -2.36. The third-order valence-corrected chi connectivity index (χ3v) is 5.68. The average molecular weight is 320 g/mol. The van der Waals surface area contributed by atoms with Crippen molar-refractivity contribution in [2.45, 2.75) is 43.8 Å². The normalized spacial score (nSPS) is 27.0. The molecule has 0 saturated carbocycles. The number of nitrogens with one attached hydrogen (secondary N) is 1. The smallest absolute Gasteiger partial charge is 0.244 e. The zero-order chi connectivity index (χ0) is 16.5. The summed E-state index contributed by atoms with van der Waals surface area (Å²) in [6, 6.07) is 16.1. The van der Waals surface area contributed by atoms with Gasteiger partial charge in [-0.05, 0) is 55.1 Å². The number of nitrogens with zero attached hydrogens (tertiary/aromatic N) is 1. The number of amides is 1. The first-order valence-electron chi connectivity index (χ1n) is 8.89. The molecule has 4 rings (SSSR count). The van der Waals surface area contributed by atoms with E-state index in [-0.39, 0.29) is 5.91 Å². The molecule has 0 aliphatic carbocycles. The molecular weight excluding hydrogens is 296 g/mol. The van der Waals surface area contributed by atoms with Crippen molar-refractivity contribution in [3.63, 3.8) is 0 Å². The molecule has 2 saturated heterocycles. The summed E-state index contributed by atoms with van der Waals surface area (Å²) in [4.78, 5) is 14.8. The Morgan fingerprint density at radius 2 is 1.79 bits per heavy atom. The van der Waals surface area contributed by atoms with E-state index in [0.717, 1.165) is 18.4 Å². The van der Waals surface area contributed by atoms with Gasteiger partial charge in [-0.2, -0.15) is 0 Å². The first-order valence-corrected chi connectivity index (χ1v) is 8.89. The van der Waals surface area contributed by atoms with E-state index in [4.69, 9.17) is 0 Å². The standard InChI is InChI=1S/C21H24N2O/c1-23-18-10-11-19(23)14-17(13-18)22-21(24)12-9-16-7-4-6-15-5-2-3-8-20(15)16/h2-9,12,17-19H,10-11,13-14H2,1H3,(H,22,24). The van der Waals surface area contributed by atoms with Gasteiger partial charge in [-0.3, -0.25) is 4.79 Å². The highest BCUT2D eigenvalue weighted by atomic mass is 16.1. The number of hydrogen-bond donors (Lipinski definition) is 1. The maximum atomic E-state index is 12.3. The molecule has 24 heavy (non-hydrogen) atoms. The van der Waals surface area contributed by atoms with Crippen LogP contribution < -0.4 is 5.32 Å². The molecule has 2 atom stereocenters. The molecular formula is C21H24N2O. The van der Waals surface area contributed by atoms with Crippen LogP contribution >= 0.6 is 0 Å². The second-order valence-electron chi connectivity index (χ2n) is 7.13. The fraction of sp³-hybridized carbons (Fsp3) is 0.381. The van der Waals surface area contributed by atoms with Crippen LogP contribution in [0.15, 0.2) is 48.5 Å². The van der Waals surface area contributed by atoms with E-state index in [0.29, 0.717) is 18.1 Å². The van der Waals surface area contributed by atoms with Crippen LogP contribution in [0.25, 0.3) is 16.8 Å². The predicted octanol–water partition coefficient (Wildman–Crippen LogP) is 3.59. The maximum Gasteiger partial charge on any atom is 0.244 e. The number of benzene rings is 2. The predicted molar refractivity (Wildman–Crippen MR) is 98.7 cm³/mol. The van der Waals surface area contributed by atoms with Crippen LogP contribution in [0.3, 0.4) is 0 Å². The van der Waals surface area contributed by atoms with Gasteiger partial charge >= 0.3 is 0 Å². The van der Waals surface area contributed by atoms with Crippen LogP contribution in [0.2, 0.25) is 0 Å². The molecule has 2 bridgehead atoms. The third-order valence-electron chi connectivity index (χ3n) is 5.68. The quantitative estimate of drug-likeness (QED) is 0.877. The summed E-state index contributed by atoms with van der Waals surface area (Å²) in [5.41, 5.74) is 1.09. The number of carbonyl (C=O) groups excluding carboxylic acids is 1. The molecule has 3 nitrogen and oxygen atoms in total. The first kappa shape index (κ1) is 15.4. The SMILES string of the molecule is CN1C2CCC1CC(NC(=O)C=Cc1cccc3ccccc13)C2. The van der Waals surface area contributed by atoms with Crippen molar-refractivity contribution >= 4 is 22.8 Å². The van der Waals surface area contributed by atoms with Gasteiger partial charge < -0.3 is 10.2 Å². The van der Waals surface area contributed by atoms with Crippen molar-refractivity contribution in [3.05, 3.63) is 54.1 Å². The summed E-state index contributed by atoms with van der Waals surface area (Å²) >= 11 is 0. The summed E-state index contributed by atoms with van der Waals surface area (Å²) in [5.74, 6) is 0.0249. The summed E-state index contributed by atoms with van der Waals surface area (Å²) in [7, 11) is 2.22. The van der Waals surface area contributed by atoms with Crippen LogP contribution in [0.5, 0.6) is 0 Å². The van der Waals surface area contributed by atoms with Gasteiger partial charge in [0.1, 0.15) is 0 Å². The Bertz CT molecular complexity index is 763. The van der Waals surface area contributed by atoms with Crippen LogP contribution in [0.1, 0.15) is 31.2 Å². The third kappa shape index (κ3) is 2.96. The highest BCUT2D eigenvalue weighted by Crippen LogP contribution is 2.34. The fourth-order valence-corrected chi connectivity index (χ4v) is 4.34. The Hall–Kier alpha value is -2.13. The number of fused-ring (bicyclic) bond motifs is 3. The molecule has 1 amide bonds. The van der Waals surface area contributed by atoms with Crippen molar-refractivity contribution in [2.24, 2.45) is 0 Å². The Morgan fingerprint density at radius 1 is 1.08 bits per heavy atom. The molecule has 2 aromatic rings. The lowest BCUT2D eigenvalue weighted by atomic mass is 9.98. The number of piperidine rings is 1. The molecule has 2 aromatic carbocycles. The Labute approximate surface area is 143 Å². The molecule has 0 aromatic heterocycles. The molecule has 124 valence electrons. The van der Waals surface area contributed by atoms with Crippen LogP contribution in [-0.2, 0) is 4.79 Å². The number of hydrogen-bond acceptors (Lipinski definition) is 2. The van der Waals surface area contributed by atoms with Gasteiger partial charge in [0.2, 0.25) is 5.91 Å². The zero-order valence-corrected chi connectivity index (χ0v) is 14.1. The van der Waals surface area contributed by atoms with Crippen molar-refractivity contribution in [1.82, 2.24) is 10.2 Å². The van der Waals surface area contributed by atoms with Gasteiger partial charge in [0.05, 0.1) is 0 Å². The second-order valence-corrected chi connectivity index (χ2v) is 7.13. The van der Waals surface area contributed by atoms with Crippen molar-refractivity contribution in [3.8, 4) is 0 Å². The first-order chi connectivity index (χ1) is 11.7. The molecule has 1 N–H and O–H groups in total. The number of carbonyl (C=O) groups is 1. The van der Waals surface area contributed by atoms with E-state index in [1.165, 1.54) is 23.6 Å². The molecule has 2 heterocycles. The topological polar surface area (TPSA) is 32.3 Å². The summed E-state index contributed by atoms with van der Waals surface area (Å²) < 4.78 is 0. The summed E-state index contributed by atoms with van der Waals surface area (Å²) in [6.45, 7) is 0. The van der Waals surface area contributed by atoms with E-state index >= 15 is 0 Å². The van der Waals surface area contributed by atoms with Gasteiger partial charge in [-0.15, -0.1) is 0 Å². The molecule has 0 spiro atoms. The van der Waals surface area contributed by atoms with Gasteiger partial charge in [0.15, 0.2) is 0 Å². The molecule has 2 unspecified atom stereocenters. The molecule has 3 heteroatoms. The molecule has 0 radical (unpaired) electrons. The van der Waals surface area contributed by atoms with Crippen LogP contribution in [0.4, 0.5) is 0 Å². The minimum atomic E-state index is 0.0249.